The highest BCUT2D eigenvalue weighted by atomic mass is 16.2. The Hall–Kier alpha value is -2.14. The Morgan fingerprint density at radius 1 is 1.20 bits per heavy atom. The Labute approximate surface area is 117 Å². The van der Waals surface area contributed by atoms with Crippen molar-refractivity contribution in [3.05, 3.63) is 54.1 Å². The number of rotatable bonds is 2. The summed E-state index contributed by atoms with van der Waals surface area (Å²) in [4.78, 5) is 19.0. The first-order valence-corrected chi connectivity index (χ1v) is 6.93. The highest BCUT2D eigenvalue weighted by Gasteiger charge is 2.41. The first-order valence-electron chi connectivity index (χ1n) is 6.93. The standard InChI is InChI=1S/C15H16N4O/c20-15-12-5-3-7-18(12)13-8-16-9-14(13)19(15)10-11-4-1-2-6-17-11/h1-7,13-14,16H,8-10H2/t13-,14+/m0/s1. The molecule has 0 saturated carbocycles. The lowest BCUT2D eigenvalue weighted by atomic mass is 10.1. The summed E-state index contributed by atoms with van der Waals surface area (Å²) in [6, 6.07) is 10.2. The van der Waals surface area contributed by atoms with Gasteiger partial charge in [-0.2, -0.15) is 0 Å². The Kier molecular flexibility index (Phi) is 2.60. The molecule has 4 heterocycles. The first-order chi connectivity index (χ1) is 9.84. The van der Waals surface area contributed by atoms with Crippen LogP contribution in [0.15, 0.2) is 42.7 Å². The minimum absolute atomic E-state index is 0.102. The number of hydrogen-bond acceptors (Lipinski definition) is 3. The number of carbonyl (C=O) groups excluding carboxylic acids is 1. The van der Waals surface area contributed by atoms with E-state index in [0.29, 0.717) is 12.6 Å². The van der Waals surface area contributed by atoms with Crippen molar-refractivity contribution < 1.29 is 4.79 Å². The molecule has 0 radical (unpaired) electrons. The number of hydrogen-bond donors (Lipinski definition) is 1. The van der Waals surface area contributed by atoms with Crippen LogP contribution in [0.3, 0.4) is 0 Å². The topological polar surface area (TPSA) is 50.2 Å². The maximum atomic E-state index is 12.7. The summed E-state index contributed by atoms with van der Waals surface area (Å²) in [5.74, 6) is 0.102. The third kappa shape index (κ3) is 1.67. The summed E-state index contributed by atoms with van der Waals surface area (Å²) in [6.07, 6.45) is 3.78. The van der Waals surface area contributed by atoms with E-state index in [1.165, 1.54) is 0 Å². The van der Waals surface area contributed by atoms with Crippen molar-refractivity contribution in [3.63, 3.8) is 0 Å². The van der Waals surface area contributed by atoms with Gasteiger partial charge in [-0.25, -0.2) is 0 Å². The summed E-state index contributed by atoms with van der Waals surface area (Å²) < 4.78 is 2.11. The minimum Gasteiger partial charge on any atom is -0.337 e. The number of pyridine rings is 1. The van der Waals surface area contributed by atoms with Crippen LogP contribution in [-0.2, 0) is 6.54 Å². The minimum atomic E-state index is 0.102. The monoisotopic (exact) mass is 268 g/mol. The van der Waals surface area contributed by atoms with Gasteiger partial charge in [-0.05, 0) is 24.3 Å². The van der Waals surface area contributed by atoms with Crippen molar-refractivity contribution in [2.45, 2.75) is 18.6 Å². The largest absolute Gasteiger partial charge is 0.337 e. The van der Waals surface area contributed by atoms with Gasteiger partial charge in [-0.3, -0.25) is 9.78 Å². The lowest BCUT2D eigenvalue weighted by Gasteiger charge is -2.38. The van der Waals surface area contributed by atoms with E-state index in [-0.39, 0.29) is 11.9 Å². The molecule has 5 heteroatoms. The van der Waals surface area contributed by atoms with E-state index in [9.17, 15) is 4.79 Å². The molecule has 0 unspecified atom stereocenters. The van der Waals surface area contributed by atoms with Gasteiger partial charge >= 0.3 is 0 Å². The summed E-state index contributed by atoms with van der Waals surface area (Å²) in [7, 11) is 0. The van der Waals surface area contributed by atoms with Crippen LogP contribution in [0.5, 0.6) is 0 Å². The van der Waals surface area contributed by atoms with Crippen LogP contribution in [0.4, 0.5) is 0 Å². The van der Waals surface area contributed by atoms with Crippen molar-refractivity contribution in [2.24, 2.45) is 0 Å². The summed E-state index contributed by atoms with van der Waals surface area (Å²) in [6.45, 7) is 2.34. The second kappa shape index (κ2) is 4.45. The maximum Gasteiger partial charge on any atom is 0.271 e. The average Bonchev–Trinajstić information content (AvgIpc) is 3.12. The zero-order chi connectivity index (χ0) is 13.5. The quantitative estimate of drug-likeness (QED) is 0.886. The Morgan fingerprint density at radius 3 is 2.95 bits per heavy atom. The van der Waals surface area contributed by atoms with Gasteiger partial charge < -0.3 is 14.8 Å². The van der Waals surface area contributed by atoms with E-state index in [0.717, 1.165) is 24.5 Å². The van der Waals surface area contributed by atoms with Crippen LogP contribution in [0.2, 0.25) is 0 Å². The predicted octanol–water partition coefficient (Wildman–Crippen LogP) is 1.05. The highest BCUT2D eigenvalue weighted by molar-refractivity contribution is 5.94. The molecule has 0 aromatic carbocycles. The van der Waals surface area contributed by atoms with Crippen LogP contribution < -0.4 is 5.32 Å². The zero-order valence-electron chi connectivity index (χ0n) is 11.1. The van der Waals surface area contributed by atoms with Crippen molar-refractivity contribution in [1.29, 1.82) is 0 Å². The number of nitrogens with one attached hydrogen (secondary N) is 1. The number of carbonyl (C=O) groups is 1. The number of fused-ring (bicyclic) bond motifs is 3. The fourth-order valence-corrected chi connectivity index (χ4v) is 3.27. The molecule has 4 rings (SSSR count). The van der Waals surface area contributed by atoms with Gasteiger partial charge in [0, 0.05) is 25.5 Å². The molecule has 2 aliphatic rings. The van der Waals surface area contributed by atoms with Gasteiger partial charge in [0.05, 0.1) is 24.3 Å². The average molecular weight is 268 g/mol. The molecule has 1 N–H and O–H groups in total. The second-order valence-corrected chi connectivity index (χ2v) is 5.35. The van der Waals surface area contributed by atoms with E-state index >= 15 is 0 Å². The molecular formula is C15H16N4O. The normalized spacial score (nSPS) is 24.6. The maximum absolute atomic E-state index is 12.7. The van der Waals surface area contributed by atoms with Crippen LogP contribution in [-0.4, -0.2) is 39.5 Å². The number of amides is 1. The fourth-order valence-electron chi connectivity index (χ4n) is 3.27. The second-order valence-electron chi connectivity index (χ2n) is 5.35. The molecular weight excluding hydrogens is 252 g/mol. The van der Waals surface area contributed by atoms with Crippen molar-refractivity contribution in [2.75, 3.05) is 13.1 Å². The molecule has 5 nitrogen and oxygen atoms in total. The van der Waals surface area contributed by atoms with Gasteiger partial charge in [0.15, 0.2) is 0 Å². The van der Waals surface area contributed by atoms with E-state index in [1.54, 1.807) is 6.20 Å². The van der Waals surface area contributed by atoms with E-state index in [1.807, 2.05) is 41.4 Å². The fraction of sp³-hybridized carbons (Fsp3) is 0.333. The van der Waals surface area contributed by atoms with E-state index in [4.69, 9.17) is 0 Å². The van der Waals surface area contributed by atoms with Gasteiger partial charge in [0.2, 0.25) is 0 Å². The molecule has 1 fully saturated rings. The molecule has 2 aliphatic heterocycles. The van der Waals surface area contributed by atoms with Crippen LogP contribution >= 0.6 is 0 Å². The van der Waals surface area contributed by atoms with Gasteiger partial charge in [0.25, 0.3) is 5.91 Å². The molecule has 0 aliphatic carbocycles. The first kappa shape index (κ1) is 11.7. The molecule has 1 saturated heterocycles. The van der Waals surface area contributed by atoms with Crippen LogP contribution in [0.1, 0.15) is 22.2 Å². The van der Waals surface area contributed by atoms with E-state index in [2.05, 4.69) is 14.9 Å². The van der Waals surface area contributed by atoms with Gasteiger partial charge in [-0.15, -0.1) is 0 Å². The SMILES string of the molecule is O=C1c2cccn2[C@H]2CNC[C@H]2N1Cc1ccccn1. The molecule has 20 heavy (non-hydrogen) atoms. The molecule has 0 spiro atoms. The molecule has 2 aromatic heterocycles. The molecule has 102 valence electrons. The van der Waals surface area contributed by atoms with Gasteiger partial charge in [-0.1, -0.05) is 6.07 Å². The Morgan fingerprint density at radius 2 is 2.10 bits per heavy atom. The lowest BCUT2D eigenvalue weighted by Crippen LogP contribution is -2.49. The summed E-state index contributed by atoms with van der Waals surface area (Å²) in [5.41, 5.74) is 1.72. The Balaban J connectivity index is 1.71. The molecule has 1 amide bonds. The highest BCUT2D eigenvalue weighted by Crippen LogP contribution is 2.30. The molecule has 2 aromatic rings. The van der Waals surface area contributed by atoms with E-state index < -0.39 is 0 Å². The van der Waals surface area contributed by atoms with Gasteiger partial charge in [0.1, 0.15) is 5.69 Å². The number of aromatic nitrogens is 2. The third-order valence-electron chi connectivity index (χ3n) is 4.23. The molecule has 2 atom stereocenters. The number of nitrogens with zero attached hydrogens (tertiary/aromatic N) is 3. The summed E-state index contributed by atoms with van der Waals surface area (Å²) >= 11 is 0. The Bertz CT molecular complexity index is 636. The van der Waals surface area contributed by atoms with Crippen LogP contribution in [0, 0.1) is 0 Å². The molecule has 0 bridgehead atoms. The summed E-state index contributed by atoms with van der Waals surface area (Å²) in [5, 5.41) is 3.40. The zero-order valence-corrected chi connectivity index (χ0v) is 11.1. The van der Waals surface area contributed by atoms with Crippen molar-refractivity contribution >= 4 is 5.91 Å². The van der Waals surface area contributed by atoms with Crippen LogP contribution in [0.25, 0.3) is 0 Å². The lowest BCUT2D eigenvalue weighted by molar-refractivity contribution is 0.0558. The predicted molar refractivity (Wildman–Crippen MR) is 74.2 cm³/mol. The smallest absolute Gasteiger partial charge is 0.271 e. The van der Waals surface area contributed by atoms with Crippen molar-refractivity contribution in [1.82, 2.24) is 19.8 Å². The third-order valence-corrected chi connectivity index (χ3v) is 4.23. The van der Waals surface area contributed by atoms with Crippen molar-refractivity contribution in [3.8, 4) is 0 Å².